The minimum atomic E-state index is -0.837. The fourth-order valence-electron chi connectivity index (χ4n) is 2.42. The largest absolute Gasteiger partial charge is 0.481 e. The van der Waals surface area contributed by atoms with Crippen molar-refractivity contribution in [3.8, 4) is 5.88 Å². The molecule has 1 rings (SSSR count). The van der Waals surface area contributed by atoms with Crippen LogP contribution in [0.15, 0.2) is 12.3 Å². The number of amides is 1. The van der Waals surface area contributed by atoms with Gasteiger partial charge in [-0.3, -0.25) is 4.79 Å². The zero-order chi connectivity index (χ0) is 16.0. The lowest BCUT2D eigenvalue weighted by Crippen LogP contribution is -2.44. The van der Waals surface area contributed by atoms with E-state index >= 15 is 0 Å². The van der Waals surface area contributed by atoms with E-state index in [4.69, 9.17) is 9.47 Å². The summed E-state index contributed by atoms with van der Waals surface area (Å²) in [7, 11) is 1.57. The van der Waals surface area contributed by atoms with Crippen molar-refractivity contribution >= 4 is 11.6 Å². The third-order valence-corrected chi connectivity index (χ3v) is 3.22. The standard InChI is InChI=1S/C16H26N2O3/c1-7-21-16(5,9-11(2)3)15(19)18-13-8-12(4)14(20-6)17-10-13/h8,10-11H,7,9H2,1-6H3,(H,18,19). The van der Waals surface area contributed by atoms with Gasteiger partial charge in [0.05, 0.1) is 19.0 Å². The minimum absolute atomic E-state index is 0.149. The number of carbonyl (C=O) groups is 1. The van der Waals surface area contributed by atoms with Crippen LogP contribution in [0, 0.1) is 12.8 Å². The molecule has 1 unspecified atom stereocenters. The normalized spacial score (nSPS) is 13.9. The molecule has 1 aromatic heterocycles. The first-order valence-electron chi connectivity index (χ1n) is 7.28. The van der Waals surface area contributed by atoms with Crippen molar-refractivity contribution < 1.29 is 14.3 Å². The highest BCUT2D eigenvalue weighted by Gasteiger charge is 2.34. The zero-order valence-corrected chi connectivity index (χ0v) is 13.8. The first-order valence-corrected chi connectivity index (χ1v) is 7.28. The molecule has 0 aliphatic rings. The van der Waals surface area contributed by atoms with Crippen LogP contribution >= 0.6 is 0 Å². The Kier molecular flexibility index (Phi) is 6.15. The first-order chi connectivity index (χ1) is 9.82. The Labute approximate surface area is 127 Å². The molecule has 118 valence electrons. The molecule has 0 bridgehead atoms. The molecule has 0 fully saturated rings. The second-order valence-electron chi connectivity index (χ2n) is 5.77. The lowest BCUT2D eigenvalue weighted by Gasteiger charge is -2.29. The number of anilines is 1. The van der Waals surface area contributed by atoms with E-state index in [-0.39, 0.29) is 5.91 Å². The van der Waals surface area contributed by atoms with Crippen molar-refractivity contribution in [2.75, 3.05) is 19.0 Å². The maximum Gasteiger partial charge on any atom is 0.256 e. The van der Waals surface area contributed by atoms with E-state index in [1.54, 1.807) is 13.3 Å². The monoisotopic (exact) mass is 294 g/mol. The van der Waals surface area contributed by atoms with Gasteiger partial charge in [-0.05, 0) is 39.2 Å². The van der Waals surface area contributed by atoms with Gasteiger partial charge in [-0.25, -0.2) is 4.98 Å². The molecule has 5 nitrogen and oxygen atoms in total. The summed E-state index contributed by atoms with van der Waals surface area (Å²) in [6, 6.07) is 1.84. The molecule has 1 N–H and O–H groups in total. The van der Waals surface area contributed by atoms with Gasteiger partial charge in [0.25, 0.3) is 5.91 Å². The zero-order valence-electron chi connectivity index (χ0n) is 13.8. The SMILES string of the molecule is CCOC(C)(CC(C)C)C(=O)Nc1cnc(OC)c(C)c1. The van der Waals surface area contributed by atoms with Crippen LogP contribution in [0.3, 0.4) is 0 Å². The lowest BCUT2D eigenvalue weighted by atomic mass is 9.93. The Hall–Kier alpha value is -1.62. The quantitative estimate of drug-likeness (QED) is 0.839. The Morgan fingerprint density at radius 1 is 1.48 bits per heavy atom. The van der Waals surface area contributed by atoms with Crippen molar-refractivity contribution in [3.05, 3.63) is 17.8 Å². The van der Waals surface area contributed by atoms with Crippen LogP contribution in [0.25, 0.3) is 0 Å². The van der Waals surface area contributed by atoms with Crippen molar-refractivity contribution in [2.24, 2.45) is 5.92 Å². The number of carbonyl (C=O) groups excluding carboxylic acids is 1. The number of hydrogen-bond acceptors (Lipinski definition) is 4. The van der Waals surface area contributed by atoms with Crippen LogP contribution in [0.2, 0.25) is 0 Å². The van der Waals surface area contributed by atoms with E-state index < -0.39 is 5.60 Å². The second-order valence-corrected chi connectivity index (χ2v) is 5.77. The maximum atomic E-state index is 12.5. The second kappa shape index (κ2) is 7.41. The van der Waals surface area contributed by atoms with Gasteiger partial charge >= 0.3 is 0 Å². The molecular formula is C16H26N2O3. The van der Waals surface area contributed by atoms with Crippen LogP contribution in [0.4, 0.5) is 5.69 Å². The van der Waals surface area contributed by atoms with Crippen molar-refractivity contribution in [2.45, 2.75) is 46.6 Å². The summed E-state index contributed by atoms with van der Waals surface area (Å²) in [6.07, 6.45) is 2.25. The molecule has 0 radical (unpaired) electrons. The number of aryl methyl sites for hydroxylation is 1. The Balaban J connectivity index is 2.88. The van der Waals surface area contributed by atoms with Crippen molar-refractivity contribution in [1.29, 1.82) is 0 Å². The fourth-order valence-corrected chi connectivity index (χ4v) is 2.42. The van der Waals surface area contributed by atoms with E-state index in [2.05, 4.69) is 24.1 Å². The predicted octanol–water partition coefficient (Wildman–Crippen LogP) is 3.18. The van der Waals surface area contributed by atoms with Gasteiger partial charge in [0, 0.05) is 12.2 Å². The fraction of sp³-hybridized carbons (Fsp3) is 0.625. The van der Waals surface area contributed by atoms with Crippen LogP contribution in [0.5, 0.6) is 5.88 Å². The summed E-state index contributed by atoms with van der Waals surface area (Å²) >= 11 is 0. The molecule has 1 aromatic rings. The highest BCUT2D eigenvalue weighted by atomic mass is 16.5. The first kappa shape index (κ1) is 17.4. The van der Waals surface area contributed by atoms with Gasteiger partial charge in [0.2, 0.25) is 5.88 Å². The minimum Gasteiger partial charge on any atom is -0.481 e. The lowest BCUT2D eigenvalue weighted by molar-refractivity contribution is -0.140. The van der Waals surface area contributed by atoms with Gasteiger partial charge in [0.1, 0.15) is 5.60 Å². The van der Waals surface area contributed by atoms with E-state index in [1.807, 2.05) is 26.8 Å². The summed E-state index contributed by atoms with van der Waals surface area (Å²) in [5.41, 5.74) is 0.682. The average Bonchev–Trinajstić information content (AvgIpc) is 2.38. The molecule has 0 aliphatic carbocycles. The number of nitrogens with zero attached hydrogens (tertiary/aromatic N) is 1. The van der Waals surface area contributed by atoms with Crippen LogP contribution < -0.4 is 10.1 Å². The molecule has 1 heterocycles. The van der Waals surface area contributed by atoms with Gasteiger partial charge < -0.3 is 14.8 Å². The highest BCUT2D eigenvalue weighted by Crippen LogP contribution is 2.24. The number of methoxy groups -OCH3 is 1. The van der Waals surface area contributed by atoms with Gasteiger partial charge in [-0.1, -0.05) is 13.8 Å². The number of hydrogen-bond donors (Lipinski definition) is 1. The maximum absolute atomic E-state index is 12.5. The molecular weight excluding hydrogens is 268 g/mol. The summed E-state index contributed by atoms with van der Waals surface area (Å²) in [5.74, 6) is 0.773. The van der Waals surface area contributed by atoms with Gasteiger partial charge in [0.15, 0.2) is 0 Å². The summed E-state index contributed by atoms with van der Waals surface area (Å²) in [4.78, 5) is 16.7. The van der Waals surface area contributed by atoms with Crippen molar-refractivity contribution in [1.82, 2.24) is 4.98 Å². The van der Waals surface area contributed by atoms with Crippen LogP contribution in [-0.4, -0.2) is 30.2 Å². The average molecular weight is 294 g/mol. The predicted molar refractivity (Wildman–Crippen MR) is 83.6 cm³/mol. The molecule has 21 heavy (non-hydrogen) atoms. The third kappa shape index (κ3) is 4.70. The molecule has 0 saturated heterocycles. The molecule has 0 saturated carbocycles. The molecule has 1 atom stereocenters. The van der Waals surface area contributed by atoms with Gasteiger partial charge in [-0.15, -0.1) is 0 Å². The highest BCUT2D eigenvalue weighted by molar-refractivity contribution is 5.97. The third-order valence-electron chi connectivity index (χ3n) is 3.22. The number of nitrogens with one attached hydrogen (secondary N) is 1. The van der Waals surface area contributed by atoms with Crippen LogP contribution in [0.1, 0.15) is 39.7 Å². The molecule has 0 spiro atoms. The number of ether oxygens (including phenoxy) is 2. The Morgan fingerprint density at radius 3 is 2.62 bits per heavy atom. The summed E-state index contributed by atoms with van der Waals surface area (Å²) < 4.78 is 10.8. The number of pyridine rings is 1. The smallest absolute Gasteiger partial charge is 0.256 e. The molecule has 0 aromatic carbocycles. The van der Waals surface area contributed by atoms with E-state index in [9.17, 15) is 4.79 Å². The van der Waals surface area contributed by atoms with Crippen LogP contribution in [-0.2, 0) is 9.53 Å². The Morgan fingerprint density at radius 2 is 2.14 bits per heavy atom. The molecule has 0 aliphatic heterocycles. The van der Waals surface area contributed by atoms with Gasteiger partial charge in [-0.2, -0.15) is 0 Å². The Bertz CT molecular complexity index is 488. The van der Waals surface area contributed by atoms with E-state index in [1.165, 1.54) is 0 Å². The number of rotatable bonds is 7. The number of aromatic nitrogens is 1. The van der Waals surface area contributed by atoms with Crippen molar-refractivity contribution in [3.63, 3.8) is 0 Å². The molecule has 1 amide bonds. The summed E-state index contributed by atoms with van der Waals surface area (Å²) in [6.45, 7) is 10.3. The molecule has 5 heteroatoms. The summed E-state index contributed by atoms with van der Waals surface area (Å²) in [5, 5.41) is 2.88. The van der Waals surface area contributed by atoms with E-state index in [0.717, 1.165) is 5.56 Å². The topological polar surface area (TPSA) is 60.5 Å². The van der Waals surface area contributed by atoms with E-state index in [0.29, 0.717) is 30.5 Å².